The van der Waals surface area contributed by atoms with Gasteiger partial charge in [-0.2, -0.15) is 18.3 Å². The van der Waals surface area contributed by atoms with Gasteiger partial charge in [0.2, 0.25) is 0 Å². The van der Waals surface area contributed by atoms with Gasteiger partial charge in [-0.05, 0) is 49.9 Å². The van der Waals surface area contributed by atoms with E-state index in [4.69, 9.17) is 0 Å². The van der Waals surface area contributed by atoms with Gasteiger partial charge in [-0.15, -0.1) is 0 Å². The maximum absolute atomic E-state index is 13.5. The van der Waals surface area contributed by atoms with Crippen LogP contribution in [0.15, 0.2) is 48.7 Å². The van der Waals surface area contributed by atoms with E-state index in [1.54, 1.807) is 0 Å². The topological polar surface area (TPSA) is 73.9 Å². The summed E-state index contributed by atoms with van der Waals surface area (Å²) >= 11 is 0. The van der Waals surface area contributed by atoms with Gasteiger partial charge < -0.3 is 10.2 Å². The molecule has 1 saturated heterocycles. The second-order valence-corrected chi connectivity index (χ2v) is 8.52. The van der Waals surface area contributed by atoms with E-state index in [9.17, 15) is 18.0 Å². The number of nitrogens with one attached hydrogen (secondary N) is 2. The van der Waals surface area contributed by atoms with Gasteiger partial charge in [0.15, 0.2) is 0 Å². The lowest BCUT2D eigenvalue weighted by molar-refractivity contribution is -0.137. The Labute approximate surface area is 182 Å². The number of aromatic amines is 1. The van der Waals surface area contributed by atoms with E-state index in [-0.39, 0.29) is 18.0 Å². The number of aryl methyl sites for hydroxylation is 1. The lowest BCUT2D eigenvalue weighted by atomic mass is 10.0. The summed E-state index contributed by atoms with van der Waals surface area (Å²) in [5, 5.41) is 10.5. The number of anilines is 1. The van der Waals surface area contributed by atoms with Gasteiger partial charge in [0.25, 0.3) is 5.91 Å². The first kappa shape index (κ1) is 20.5. The molecule has 1 saturated carbocycles. The third kappa shape index (κ3) is 3.72. The van der Waals surface area contributed by atoms with E-state index in [0.717, 1.165) is 42.1 Å². The SMILES string of the molecule is Cc1cc(-c2ccccc2C(=O)N2C[C@H]3C[C@@H](Nc4ccc(C(F)(F)F)cn4)[C@@H]2C3)n[nH]1. The Hall–Kier alpha value is -3.36. The molecule has 3 aromatic rings. The van der Waals surface area contributed by atoms with Crippen LogP contribution in [0.25, 0.3) is 11.3 Å². The van der Waals surface area contributed by atoms with Crippen LogP contribution >= 0.6 is 0 Å². The predicted molar refractivity (Wildman–Crippen MR) is 113 cm³/mol. The van der Waals surface area contributed by atoms with Gasteiger partial charge in [-0.25, -0.2) is 4.98 Å². The van der Waals surface area contributed by atoms with Crippen LogP contribution in [0.2, 0.25) is 0 Å². The number of pyridine rings is 1. The van der Waals surface area contributed by atoms with Gasteiger partial charge in [-0.1, -0.05) is 18.2 Å². The first-order valence-electron chi connectivity index (χ1n) is 10.5. The van der Waals surface area contributed by atoms with Crippen molar-refractivity contribution in [3.8, 4) is 11.3 Å². The number of aromatic nitrogens is 3. The zero-order valence-electron chi connectivity index (χ0n) is 17.4. The number of nitrogens with zero attached hydrogens (tertiary/aromatic N) is 3. The lowest BCUT2D eigenvalue weighted by Crippen LogP contribution is -2.47. The molecule has 1 aromatic carbocycles. The number of piperidine rings is 1. The van der Waals surface area contributed by atoms with Crippen molar-refractivity contribution in [2.75, 3.05) is 11.9 Å². The van der Waals surface area contributed by atoms with E-state index < -0.39 is 11.7 Å². The van der Waals surface area contributed by atoms with Gasteiger partial charge in [0, 0.05) is 35.6 Å². The number of fused-ring (bicyclic) bond motifs is 2. The van der Waals surface area contributed by atoms with Crippen LogP contribution < -0.4 is 5.32 Å². The number of hydrogen-bond donors (Lipinski definition) is 2. The zero-order chi connectivity index (χ0) is 22.5. The summed E-state index contributed by atoms with van der Waals surface area (Å²) in [7, 11) is 0. The van der Waals surface area contributed by atoms with Crippen LogP contribution in [0.1, 0.15) is 34.5 Å². The molecule has 2 aliphatic rings. The molecule has 0 spiro atoms. The maximum Gasteiger partial charge on any atom is 0.417 e. The van der Waals surface area contributed by atoms with Crippen molar-refractivity contribution in [1.82, 2.24) is 20.1 Å². The predicted octanol–water partition coefficient (Wildman–Crippen LogP) is 4.51. The second-order valence-electron chi connectivity index (χ2n) is 8.52. The average molecular weight is 441 g/mol. The van der Waals surface area contributed by atoms with Gasteiger partial charge in [0.1, 0.15) is 5.82 Å². The number of likely N-dealkylation sites (tertiary alicyclic amines) is 1. The fourth-order valence-electron chi connectivity index (χ4n) is 4.85. The Bertz CT molecular complexity index is 1140. The minimum Gasteiger partial charge on any atom is -0.365 e. The van der Waals surface area contributed by atoms with Crippen molar-refractivity contribution in [2.24, 2.45) is 5.92 Å². The van der Waals surface area contributed by atoms with Crippen molar-refractivity contribution in [2.45, 2.75) is 38.0 Å². The van der Waals surface area contributed by atoms with E-state index in [2.05, 4.69) is 20.5 Å². The van der Waals surface area contributed by atoms with Crippen molar-refractivity contribution in [1.29, 1.82) is 0 Å². The first-order chi connectivity index (χ1) is 15.3. The summed E-state index contributed by atoms with van der Waals surface area (Å²) in [6.07, 6.45) is -1.85. The number of hydrogen-bond acceptors (Lipinski definition) is 4. The molecular formula is C23H22F3N5O. The third-order valence-electron chi connectivity index (χ3n) is 6.31. The molecule has 2 bridgehead atoms. The van der Waals surface area contributed by atoms with Crippen LogP contribution in [0, 0.1) is 12.8 Å². The molecule has 2 N–H and O–H groups in total. The highest BCUT2D eigenvalue weighted by Gasteiger charge is 2.47. The number of H-pyrrole nitrogens is 1. The average Bonchev–Trinajstić information content (AvgIpc) is 3.49. The molecule has 32 heavy (non-hydrogen) atoms. The number of rotatable bonds is 4. The quantitative estimate of drug-likeness (QED) is 0.625. The normalized spacial score (nSPS) is 22.4. The molecule has 1 aliphatic heterocycles. The van der Waals surface area contributed by atoms with Crippen LogP contribution in [-0.2, 0) is 6.18 Å². The zero-order valence-corrected chi connectivity index (χ0v) is 17.4. The summed E-state index contributed by atoms with van der Waals surface area (Å²) < 4.78 is 38.4. The Morgan fingerprint density at radius 1 is 1.19 bits per heavy atom. The summed E-state index contributed by atoms with van der Waals surface area (Å²) in [6.45, 7) is 2.59. The number of halogens is 3. The molecule has 3 atom stereocenters. The molecule has 0 radical (unpaired) electrons. The van der Waals surface area contributed by atoms with Crippen LogP contribution in [0.5, 0.6) is 0 Å². The lowest BCUT2D eigenvalue weighted by Gasteiger charge is -2.34. The van der Waals surface area contributed by atoms with Gasteiger partial charge in [-0.3, -0.25) is 9.89 Å². The Kier molecular flexibility index (Phi) is 4.91. The van der Waals surface area contributed by atoms with Crippen molar-refractivity contribution in [3.05, 3.63) is 65.5 Å². The molecule has 3 heterocycles. The fourth-order valence-corrected chi connectivity index (χ4v) is 4.85. The number of amides is 1. The van der Waals surface area contributed by atoms with Crippen LogP contribution in [0.4, 0.5) is 19.0 Å². The number of benzene rings is 1. The molecule has 2 aromatic heterocycles. The Morgan fingerprint density at radius 3 is 2.66 bits per heavy atom. The Morgan fingerprint density at radius 2 is 2.00 bits per heavy atom. The van der Waals surface area contributed by atoms with E-state index in [0.29, 0.717) is 23.8 Å². The van der Waals surface area contributed by atoms with Crippen LogP contribution in [-0.4, -0.2) is 44.6 Å². The maximum atomic E-state index is 13.5. The molecule has 166 valence electrons. The first-order valence-corrected chi connectivity index (χ1v) is 10.5. The highest BCUT2D eigenvalue weighted by Crippen LogP contribution is 2.40. The molecule has 2 fully saturated rings. The third-order valence-corrected chi connectivity index (χ3v) is 6.31. The largest absolute Gasteiger partial charge is 0.417 e. The monoisotopic (exact) mass is 441 g/mol. The molecule has 9 heteroatoms. The molecule has 0 unspecified atom stereocenters. The molecule has 1 amide bonds. The summed E-state index contributed by atoms with van der Waals surface area (Å²) in [5.41, 5.74) is 2.23. The highest BCUT2D eigenvalue weighted by atomic mass is 19.4. The number of carbonyl (C=O) groups excluding carboxylic acids is 1. The van der Waals surface area contributed by atoms with E-state index >= 15 is 0 Å². The fraction of sp³-hybridized carbons (Fsp3) is 0.348. The molecule has 1 aliphatic carbocycles. The van der Waals surface area contributed by atoms with Crippen molar-refractivity contribution >= 4 is 11.7 Å². The van der Waals surface area contributed by atoms with E-state index in [1.165, 1.54) is 6.07 Å². The van der Waals surface area contributed by atoms with Crippen molar-refractivity contribution < 1.29 is 18.0 Å². The summed E-state index contributed by atoms with van der Waals surface area (Å²) in [5.74, 6) is 0.687. The minimum atomic E-state index is -4.42. The summed E-state index contributed by atoms with van der Waals surface area (Å²) in [6, 6.07) is 11.6. The number of carbonyl (C=O) groups is 1. The van der Waals surface area contributed by atoms with Gasteiger partial charge >= 0.3 is 6.18 Å². The van der Waals surface area contributed by atoms with Crippen molar-refractivity contribution in [3.63, 3.8) is 0 Å². The van der Waals surface area contributed by atoms with Gasteiger partial charge in [0.05, 0.1) is 17.3 Å². The number of alkyl halides is 3. The van der Waals surface area contributed by atoms with E-state index in [1.807, 2.05) is 42.2 Å². The second kappa shape index (κ2) is 7.65. The Balaban J connectivity index is 1.35. The molecule has 5 rings (SSSR count). The van der Waals surface area contributed by atoms with Crippen LogP contribution in [0.3, 0.4) is 0 Å². The molecule has 6 nitrogen and oxygen atoms in total. The summed E-state index contributed by atoms with van der Waals surface area (Å²) in [4.78, 5) is 19.3. The smallest absolute Gasteiger partial charge is 0.365 e. The standard InChI is InChI=1S/C23H22F3N5O/c1-13-8-18(30-29-13)16-4-2-3-5-17(16)22(32)31-12-14-9-19(20(31)10-14)28-21-7-6-15(11-27-21)23(24,25)26/h2-8,11,14,19-20H,9-10,12H2,1H3,(H,27,28)(H,29,30)/t14-,19+,20-/m0/s1. The molecular weight excluding hydrogens is 419 g/mol. The highest BCUT2D eigenvalue weighted by molar-refractivity contribution is 6.01. The minimum absolute atomic E-state index is 0.0365.